The summed E-state index contributed by atoms with van der Waals surface area (Å²) in [5.74, 6) is -0.538. The van der Waals surface area contributed by atoms with Gasteiger partial charge >= 0.3 is 0 Å². The molecule has 2 aromatic carbocycles. The predicted molar refractivity (Wildman–Crippen MR) is 136 cm³/mol. The van der Waals surface area contributed by atoms with Crippen LogP contribution in [0.2, 0.25) is 0 Å². The summed E-state index contributed by atoms with van der Waals surface area (Å²) in [6.45, 7) is 6.87. The van der Waals surface area contributed by atoms with E-state index in [-0.39, 0.29) is 11.3 Å². The van der Waals surface area contributed by atoms with Crippen molar-refractivity contribution in [3.05, 3.63) is 87.8 Å². The van der Waals surface area contributed by atoms with Crippen molar-refractivity contribution in [2.75, 3.05) is 5.32 Å². The van der Waals surface area contributed by atoms with E-state index < -0.39 is 11.8 Å². The lowest BCUT2D eigenvalue weighted by Gasteiger charge is -2.36. The molecule has 1 aliphatic carbocycles. The van der Waals surface area contributed by atoms with E-state index in [4.69, 9.17) is 5.73 Å². The van der Waals surface area contributed by atoms with Crippen molar-refractivity contribution < 1.29 is 9.59 Å². The van der Waals surface area contributed by atoms with Gasteiger partial charge in [0.2, 0.25) is 5.91 Å². The number of hydrogen-bond acceptors (Lipinski definition) is 3. The van der Waals surface area contributed by atoms with Gasteiger partial charge < -0.3 is 11.1 Å². The number of rotatable bonds is 7. The number of nitrogens with two attached hydrogens (primary N) is 1. The molecular weight excluding hydrogens is 428 g/mol. The largest absolute Gasteiger partial charge is 0.365 e. The summed E-state index contributed by atoms with van der Waals surface area (Å²) in [4.78, 5) is 27.3. The quantitative estimate of drug-likeness (QED) is 0.443. The van der Waals surface area contributed by atoms with Crippen LogP contribution >= 0.6 is 11.3 Å². The van der Waals surface area contributed by atoms with Crippen LogP contribution in [-0.2, 0) is 17.6 Å². The van der Waals surface area contributed by atoms with E-state index in [0.717, 1.165) is 42.4 Å². The van der Waals surface area contributed by atoms with Crippen LogP contribution in [0.4, 0.5) is 5.00 Å². The van der Waals surface area contributed by atoms with Gasteiger partial charge in [0, 0.05) is 4.88 Å². The zero-order chi connectivity index (χ0) is 23.6. The van der Waals surface area contributed by atoms with Gasteiger partial charge in [0.15, 0.2) is 0 Å². The maximum Gasteiger partial charge on any atom is 0.251 e. The van der Waals surface area contributed by atoms with Crippen molar-refractivity contribution in [1.29, 1.82) is 0 Å². The molecular formula is C28H32N2O2S. The van der Waals surface area contributed by atoms with Gasteiger partial charge in [-0.05, 0) is 47.3 Å². The molecule has 1 aliphatic rings. The van der Waals surface area contributed by atoms with Crippen molar-refractivity contribution in [3.63, 3.8) is 0 Å². The number of amides is 2. The highest BCUT2D eigenvalue weighted by Gasteiger charge is 2.35. The molecule has 33 heavy (non-hydrogen) atoms. The minimum Gasteiger partial charge on any atom is -0.365 e. The van der Waals surface area contributed by atoms with Crippen LogP contribution in [0.5, 0.6) is 0 Å². The molecule has 0 bridgehead atoms. The Hall–Kier alpha value is -2.92. The van der Waals surface area contributed by atoms with E-state index in [2.05, 4.69) is 26.1 Å². The second-order valence-corrected chi connectivity index (χ2v) is 10.7. The number of fused-ring (bicyclic) bond motifs is 1. The third-order valence-electron chi connectivity index (χ3n) is 7.29. The van der Waals surface area contributed by atoms with E-state index in [1.165, 1.54) is 16.2 Å². The summed E-state index contributed by atoms with van der Waals surface area (Å²) in [6, 6.07) is 19.5. The van der Waals surface area contributed by atoms with Crippen molar-refractivity contribution >= 4 is 28.2 Å². The average molecular weight is 461 g/mol. The Labute approximate surface area is 200 Å². The zero-order valence-electron chi connectivity index (χ0n) is 19.6. The maximum atomic E-state index is 13.6. The molecule has 0 aliphatic heterocycles. The van der Waals surface area contributed by atoms with Gasteiger partial charge in [-0.15, -0.1) is 11.3 Å². The molecule has 3 aromatic rings. The van der Waals surface area contributed by atoms with Crippen molar-refractivity contribution in [1.82, 2.24) is 0 Å². The van der Waals surface area contributed by atoms with Crippen LogP contribution in [0, 0.1) is 11.3 Å². The molecule has 0 fully saturated rings. The van der Waals surface area contributed by atoms with Gasteiger partial charge in [-0.3, -0.25) is 9.59 Å². The van der Waals surface area contributed by atoms with Crippen molar-refractivity contribution in [2.24, 2.45) is 17.1 Å². The molecule has 4 rings (SSSR count). The lowest BCUT2D eigenvalue weighted by Crippen LogP contribution is -2.29. The molecule has 1 heterocycles. The number of primary amides is 1. The predicted octanol–water partition coefficient (Wildman–Crippen LogP) is 6.16. The fourth-order valence-corrected chi connectivity index (χ4v) is 6.20. The monoisotopic (exact) mass is 460 g/mol. The van der Waals surface area contributed by atoms with Crippen LogP contribution in [0.15, 0.2) is 60.7 Å². The normalized spacial score (nSPS) is 15.8. The first-order valence-electron chi connectivity index (χ1n) is 11.7. The van der Waals surface area contributed by atoms with Crippen LogP contribution in [0.1, 0.15) is 71.5 Å². The Morgan fingerprint density at radius 3 is 2.15 bits per heavy atom. The van der Waals surface area contributed by atoms with Gasteiger partial charge in [-0.2, -0.15) is 0 Å². The second-order valence-electron chi connectivity index (χ2n) is 9.60. The Bertz CT molecular complexity index is 1100. The number of anilines is 1. The third-order valence-corrected chi connectivity index (χ3v) is 8.46. The highest BCUT2D eigenvalue weighted by atomic mass is 32.1. The molecule has 172 valence electrons. The smallest absolute Gasteiger partial charge is 0.251 e. The molecule has 0 saturated carbocycles. The molecule has 5 heteroatoms. The lowest BCUT2D eigenvalue weighted by atomic mass is 9.69. The maximum absolute atomic E-state index is 13.6. The van der Waals surface area contributed by atoms with Gasteiger partial charge in [0.1, 0.15) is 5.00 Å². The molecule has 1 aromatic heterocycles. The van der Waals surface area contributed by atoms with E-state index in [0.29, 0.717) is 16.5 Å². The number of hydrogen-bond donors (Lipinski definition) is 2. The Kier molecular flexibility index (Phi) is 6.71. The number of carbonyl (C=O) groups is 2. The van der Waals surface area contributed by atoms with E-state index in [1.54, 1.807) is 0 Å². The van der Waals surface area contributed by atoms with E-state index in [9.17, 15) is 9.59 Å². The van der Waals surface area contributed by atoms with Gasteiger partial charge in [0.05, 0.1) is 11.5 Å². The van der Waals surface area contributed by atoms with Crippen molar-refractivity contribution in [3.8, 4) is 0 Å². The molecule has 2 amide bonds. The minimum atomic E-state index is -0.473. The fourth-order valence-electron chi connectivity index (χ4n) is 4.86. The van der Waals surface area contributed by atoms with Crippen LogP contribution in [0.25, 0.3) is 0 Å². The average Bonchev–Trinajstić information content (AvgIpc) is 3.17. The molecule has 1 unspecified atom stereocenters. The summed E-state index contributed by atoms with van der Waals surface area (Å²) in [6.07, 6.45) is 3.90. The Morgan fingerprint density at radius 1 is 1.06 bits per heavy atom. The molecule has 0 spiro atoms. The van der Waals surface area contributed by atoms with Gasteiger partial charge in [0.25, 0.3) is 5.91 Å². The van der Waals surface area contributed by atoms with Crippen LogP contribution < -0.4 is 11.1 Å². The van der Waals surface area contributed by atoms with E-state index >= 15 is 0 Å². The standard InChI is InChI=1S/C28H32N2O2S/c1-4-28(2,3)20-15-16-21-22(17-20)33-27(24(21)25(29)31)30-26(32)23(18-11-7-5-8-12-18)19-13-9-6-10-14-19/h5-14,20,23H,4,15-17H2,1-3H3,(H2,29,31)(H,30,32). The summed E-state index contributed by atoms with van der Waals surface area (Å²) < 4.78 is 0. The first kappa shape index (κ1) is 23.2. The highest BCUT2D eigenvalue weighted by Crippen LogP contribution is 2.45. The Balaban J connectivity index is 1.68. The topological polar surface area (TPSA) is 72.2 Å². The SMILES string of the molecule is CCC(C)(C)C1CCc2c(sc(NC(=O)C(c3ccccc3)c3ccccc3)c2C(N)=O)C1. The van der Waals surface area contributed by atoms with Crippen LogP contribution in [0.3, 0.4) is 0 Å². The summed E-state index contributed by atoms with van der Waals surface area (Å²) in [7, 11) is 0. The number of nitrogens with one attached hydrogen (secondary N) is 1. The summed E-state index contributed by atoms with van der Waals surface area (Å²) in [5, 5.41) is 3.68. The molecule has 0 saturated heterocycles. The molecule has 3 N–H and O–H groups in total. The summed E-state index contributed by atoms with van der Waals surface area (Å²) in [5.41, 5.74) is 9.41. The Morgan fingerprint density at radius 2 is 1.64 bits per heavy atom. The second kappa shape index (κ2) is 9.52. The highest BCUT2D eigenvalue weighted by molar-refractivity contribution is 7.17. The third kappa shape index (κ3) is 4.74. The fraction of sp³-hybridized carbons (Fsp3) is 0.357. The molecule has 1 atom stereocenters. The lowest BCUT2D eigenvalue weighted by molar-refractivity contribution is -0.116. The van der Waals surface area contributed by atoms with E-state index in [1.807, 2.05) is 60.7 Å². The zero-order valence-corrected chi connectivity index (χ0v) is 20.4. The first-order chi connectivity index (χ1) is 15.8. The number of benzene rings is 2. The van der Waals surface area contributed by atoms with Gasteiger partial charge in [-0.25, -0.2) is 0 Å². The minimum absolute atomic E-state index is 0.154. The number of thiophene rings is 1. The first-order valence-corrected chi connectivity index (χ1v) is 12.5. The number of carbonyl (C=O) groups excluding carboxylic acids is 2. The van der Waals surface area contributed by atoms with Gasteiger partial charge in [-0.1, -0.05) is 87.9 Å². The molecule has 4 nitrogen and oxygen atoms in total. The van der Waals surface area contributed by atoms with Crippen LogP contribution in [-0.4, -0.2) is 11.8 Å². The summed E-state index contributed by atoms with van der Waals surface area (Å²) >= 11 is 1.52. The van der Waals surface area contributed by atoms with Crippen molar-refractivity contribution in [2.45, 2.75) is 52.4 Å². The molecule has 0 radical (unpaired) electrons.